The summed E-state index contributed by atoms with van der Waals surface area (Å²) in [5, 5.41) is 4.73. The van der Waals surface area contributed by atoms with Gasteiger partial charge in [-0.25, -0.2) is 0 Å². The Morgan fingerprint density at radius 1 is 1.33 bits per heavy atom. The molecule has 3 heteroatoms. The van der Waals surface area contributed by atoms with Gasteiger partial charge in [0.25, 0.3) is 0 Å². The third kappa shape index (κ3) is 2.24. The number of hydrogen-bond acceptors (Lipinski definition) is 3. The van der Waals surface area contributed by atoms with Gasteiger partial charge in [-0.15, -0.1) is 0 Å². The van der Waals surface area contributed by atoms with E-state index in [1.54, 1.807) is 0 Å². The molecule has 4 rings (SSSR count). The van der Waals surface area contributed by atoms with Crippen molar-refractivity contribution in [2.75, 3.05) is 6.54 Å². The summed E-state index contributed by atoms with van der Waals surface area (Å²) in [4.78, 5) is 0. The van der Waals surface area contributed by atoms with Gasteiger partial charge in [-0.2, -0.15) is 0 Å². The predicted octanol–water partition coefficient (Wildman–Crippen LogP) is 4.21. The number of furan rings is 1. The van der Waals surface area contributed by atoms with Crippen LogP contribution < -0.4 is 10.1 Å². The van der Waals surface area contributed by atoms with Gasteiger partial charge in [-0.3, -0.25) is 0 Å². The summed E-state index contributed by atoms with van der Waals surface area (Å²) in [6, 6.07) is 6.90. The molecule has 1 unspecified atom stereocenters. The fraction of sp³-hybridized carbons (Fsp3) is 0.556. The Kier molecular flexibility index (Phi) is 2.83. The van der Waals surface area contributed by atoms with E-state index in [9.17, 15) is 0 Å². The van der Waals surface area contributed by atoms with Gasteiger partial charge in [0.2, 0.25) is 0 Å². The Bertz CT molecular complexity index is 682. The van der Waals surface area contributed by atoms with E-state index in [4.69, 9.17) is 9.15 Å². The van der Waals surface area contributed by atoms with Gasteiger partial charge in [0, 0.05) is 17.4 Å². The molecule has 0 saturated heterocycles. The molecule has 2 aliphatic rings. The molecule has 2 heterocycles. The third-order valence-corrected chi connectivity index (χ3v) is 4.56. The second-order valence-corrected chi connectivity index (χ2v) is 7.03. The van der Waals surface area contributed by atoms with E-state index in [1.165, 1.54) is 18.4 Å². The molecule has 0 bridgehead atoms. The van der Waals surface area contributed by atoms with Crippen LogP contribution in [-0.2, 0) is 6.42 Å². The zero-order valence-electron chi connectivity index (χ0n) is 13.0. The molecular formula is C18H23NO2. The van der Waals surface area contributed by atoms with Gasteiger partial charge in [0.1, 0.15) is 11.4 Å². The molecule has 1 aromatic carbocycles. The maximum atomic E-state index is 6.23. The highest BCUT2D eigenvalue weighted by Crippen LogP contribution is 2.45. The number of benzene rings is 1. The van der Waals surface area contributed by atoms with Crippen molar-refractivity contribution in [2.24, 2.45) is 5.92 Å². The molecule has 0 spiro atoms. The summed E-state index contributed by atoms with van der Waals surface area (Å²) >= 11 is 0. The Morgan fingerprint density at radius 2 is 2.14 bits per heavy atom. The largest absolute Gasteiger partial charge is 0.483 e. The standard InChI is InChI=1S/C18H23NO2/c1-4-19-15(11-5-6-11)14-9-12-7-8-13-10-18(2,3)21-17(13)16(12)20-14/h7-9,11,15,19H,4-6,10H2,1-3H3. The lowest BCUT2D eigenvalue weighted by atomic mass is 10.0. The van der Waals surface area contributed by atoms with Crippen LogP contribution in [0, 0.1) is 5.92 Å². The van der Waals surface area contributed by atoms with E-state index in [0.717, 1.165) is 41.4 Å². The van der Waals surface area contributed by atoms with Crippen LogP contribution >= 0.6 is 0 Å². The fourth-order valence-electron chi connectivity index (χ4n) is 3.46. The highest BCUT2D eigenvalue weighted by atomic mass is 16.5. The topological polar surface area (TPSA) is 34.4 Å². The molecular weight excluding hydrogens is 262 g/mol. The molecule has 1 saturated carbocycles. The van der Waals surface area contributed by atoms with Crippen LogP contribution in [0.4, 0.5) is 0 Å². The molecule has 3 nitrogen and oxygen atoms in total. The normalized spacial score (nSPS) is 21.3. The van der Waals surface area contributed by atoms with Crippen molar-refractivity contribution in [3.8, 4) is 5.75 Å². The molecule has 0 amide bonds. The van der Waals surface area contributed by atoms with Crippen LogP contribution in [-0.4, -0.2) is 12.1 Å². The summed E-state index contributed by atoms with van der Waals surface area (Å²) in [6.07, 6.45) is 3.56. The molecule has 2 aromatic rings. The van der Waals surface area contributed by atoms with Gasteiger partial charge < -0.3 is 14.5 Å². The second kappa shape index (κ2) is 4.51. The van der Waals surface area contributed by atoms with Crippen LogP contribution in [0.3, 0.4) is 0 Å². The van der Waals surface area contributed by atoms with Gasteiger partial charge in [0.05, 0.1) is 6.04 Å². The number of fused-ring (bicyclic) bond motifs is 3. The van der Waals surface area contributed by atoms with Gasteiger partial charge in [0.15, 0.2) is 11.3 Å². The number of hydrogen-bond donors (Lipinski definition) is 1. The van der Waals surface area contributed by atoms with Crippen LogP contribution in [0.25, 0.3) is 11.0 Å². The van der Waals surface area contributed by atoms with Crippen molar-refractivity contribution >= 4 is 11.0 Å². The molecule has 1 fully saturated rings. The number of ether oxygens (including phenoxy) is 1. The van der Waals surface area contributed by atoms with Crippen LogP contribution in [0.2, 0.25) is 0 Å². The fourth-order valence-corrected chi connectivity index (χ4v) is 3.46. The lowest BCUT2D eigenvalue weighted by Gasteiger charge is -2.17. The first kappa shape index (κ1) is 13.2. The smallest absolute Gasteiger partial charge is 0.176 e. The van der Waals surface area contributed by atoms with E-state index in [-0.39, 0.29) is 5.60 Å². The quantitative estimate of drug-likeness (QED) is 0.914. The van der Waals surface area contributed by atoms with Crippen molar-refractivity contribution in [3.63, 3.8) is 0 Å². The Morgan fingerprint density at radius 3 is 2.86 bits per heavy atom. The van der Waals surface area contributed by atoms with Crippen LogP contribution in [0.1, 0.15) is 51.0 Å². The summed E-state index contributed by atoms with van der Waals surface area (Å²) < 4.78 is 12.4. The summed E-state index contributed by atoms with van der Waals surface area (Å²) in [5.41, 5.74) is 2.07. The van der Waals surface area contributed by atoms with Crippen LogP contribution in [0.5, 0.6) is 5.75 Å². The molecule has 1 N–H and O–H groups in total. The maximum Gasteiger partial charge on any atom is 0.176 e. The van der Waals surface area contributed by atoms with E-state index in [2.05, 4.69) is 44.3 Å². The van der Waals surface area contributed by atoms with Gasteiger partial charge in [-0.1, -0.05) is 19.1 Å². The number of rotatable bonds is 4. The van der Waals surface area contributed by atoms with E-state index in [0.29, 0.717) is 6.04 Å². The van der Waals surface area contributed by atoms with Crippen molar-refractivity contribution in [2.45, 2.75) is 51.7 Å². The highest BCUT2D eigenvalue weighted by molar-refractivity contribution is 5.86. The van der Waals surface area contributed by atoms with E-state index in [1.807, 2.05) is 0 Å². The third-order valence-electron chi connectivity index (χ3n) is 4.56. The average molecular weight is 285 g/mol. The molecule has 0 radical (unpaired) electrons. The summed E-state index contributed by atoms with van der Waals surface area (Å²) in [5.74, 6) is 2.75. The maximum absolute atomic E-state index is 6.23. The first-order chi connectivity index (χ1) is 10.1. The van der Waals surface area contributed by atoms with Gasteiger partial charge in [-0.05, 0) is 45.2 Å². The molecule has 21 heavy (non-hydrogen) atoms. The van der Waals surface area contributed by atoms with Crippen molar-refractivity contribution < 1.29 is 9.15 Å². The minimum atomic E-state index is -0.124. The molecule has 1 aliphatic carbocycles. The Balaban J connectivity index is 1.77. The monoisotopic (exact) mass is 285 g/mol. The SMILES string of the molecule is CCNC(c1cc2ccc3c(c2o1)OC(C)(C)C3)C1CC1. The zero-order chi connectivity index (χ0) is 14.6. The molecule has 1 aliphatic heterocycles. The summed E-state index contributed by atoms with van der Waals surface area (Å²) in [7, 11) is 0. The Hall–Kier alpha value is -1.48. The predicted molar refractivity (Wildman–Crippen MR) is 83.8 cm³/mol. The second-order valence-electron chi connectivity index (χ2n) is 7.03. The highest BCUT2D eigenvalue weighted by Gasteiger charge is 2.36. The van der Waals surface area contributed by atoms with Crippen molar-refractivity contribution in [1.29, 1.82) is 0 Å². The summed E-state index contributed by atoms with van der Waals surface area (Å²) in [6.45, 7) is 7.39. The Labute approximate surface area is 125 Å². The lowest BCUT2D eigenvalue weighted by molar-refractivity contribution is 0.138. The van der Waals surface area contributed by atoms with Crippen LogP contribution in [0.15, 0.2) is 22.6 Å². The van der Waals surface area contributed by atoms with E-state index < -0.39 is 0 Å². The van der Waals surface area contributed by atoms with Crippen molar-refractivity contribution in [3.05, 3.63) is 29.5 Å². The zero-order valence-corrected chi connectivity index (χ0v) is 13.0. The van der Waals surface area contributed by atoms with Gasteiger partial charge >= 0.3 is 0 Å². The number of nitrogens with one attached hydrogen (secondary N) is 1. The average Bonchev–Trinajstić information content (AvgIpc) is 3.08. The lowest BCUT2D eigenvalue weighted by Crippen LogP contribution is -2.24. The molecule has 1 aromatic heterocycles. The first-order valence-electron chi connectivity index (χ1n) is 8.05. The minimum absolute atomic E-state index is 0.124. The van der Waals surface area contributed by atoms with E-state index >= 15 is 0 Å². The van der Waals surface area contributed by atoms with Crippen molar-refractivity contribution in [1.82, 2.24) is 5.32 Å². The molecule has 1 atom stereocenters. The molecule has 112 valence electrons. The first-order valence-corrected chi connectivity index (χ1v) is 8.05. The minimum Gasteiger partial charge on any atom is -0.483 e.